The summed E-state index contributed by atoms with van der Waals surface area (Å²) >= 11 is 5.72. The third kappa shape index (κ3) is 2.35. The van der Waals surface area contributed by atoms with Gasteiger partial charge in [-0.15, -0.1) is 0 Å². The Labute approximate surface area is 70.8 Å². The first-order chi connectivity index (χ1) is 5.34. The zero-order valence-corrected chi connectivity index (χ0v) is 7.10. The average molecular weight is 172 g/mol. The summed E-state index contributed by atoms with van der Waals surface area (Å²) in [6, 6.07) is 0. The first-order valence-electron chi connectivity index (χ1n) is 3.55. The fourth-order valence-corrected chi connectivity index (χ4v) is 0.855. The number of aromatic nitrogens is 2. The van der Waals surface area contributed by atoms with E-state index >= 15 is 0 Å². The van der Waals surface area contributed by atoms with Gasteiger partial charge in [0.25, 0.3) is 0 Å². The SMILES string of the molecule is CCCNc1nccnc1Cl. The standard InChI is InChI=1S/C7H10ClN3/c1-2-3-10-7-6(8)9-4-5-11-7/h4-5H,2-3H2,1H3,(H,10,11). The molecule has 0 saturated carbocycles. The average Bonchev–Trinajstić information content (AvgIpc) is 2.03. The molecule has 1 aromatic heterocycles. The highest BCUT2D eigenvalue weighted by Gasteiger charge is 1.97. The van der Waals surface area contributed by atoms with E-state index in [1.165, 1.54) is 0 Å². The van der Waals surface area contributed by atoms with E-state index in [4.69, 9.17) is 11.6 Å². The summed E-state index contributed by atoms with van der Waals surface area (Å²) in [5.41, 5.74) is 0. The maximum Gasteiger partial charge on any atom is 0.171 e. The summed E-state index contributed by atoms with van der Waals surface area (Å²) in [6.07, 6.45) is 4.23. The van der Waals surface area contributed by atoms with Crippen molar-refractivity contribution in [1.82, 2.24) is 9.97 Å². The van der Waals surface area contributed by atoms with E-state index in [-0.39, 0.29) is 0 Å². The molecule has 0 amide bonds. The van der Waals surface area contributed by atoms with E-state index in [2.05, 4.69) is 22.2 Å². The molecule has 0 aliphatic rings. The fourth-order valence-electron chi connectivity index (χ4n) is 0.683. The Bertz CT molecular complexity index is 227. The lowest BCUT2D eigenvalue weighted by atomic mass is 10.5. The predicted octanol–water partition coefficient (Wildman–Crippen LogP) is 1.95. The second kappa shape index (κ2) is 4.13. The largest absolute Gasteiger partial charge is 0.368 e. The Hall–Kier alpha value is -0.830. The normalized spacial score (nSPS) is 9.64. The lowest BCUT2D eigenvalue weighted by Gasteiger charge is -2.02. The van der Waals surface area contributed by atoms with E-state index in [9.17, 15) is 0 Å². The van der Waals surface area contributed by atoms with E-state index in [1.807, 2.05) is 0 Å². The van der Waals surface area contributed by atoms with Gasteiger partial charge in [-0.1, -0.05) is 18.5 Å². The van der Waals surface area contributed by atoms with Crippen molar-refractivity contribution < 1.29 is 0 Å². The molecule has 11 heavy (non-hydrogen) atoms. The van der Waals surface area contributed by atoms with Crippen molar-refractivity contribution in [2.75, 3.05) is 11.9 Å². The molecule has 0 spiro atoms. The van der Waals surface area contributed by atoms with E-state index in [0.717, 1.165) is 13.0 Å². The second-order valence-corrected chi connectivity index (χ2v) is 2.48. The smallest absolute Gasteiger partial charge is 0.171 e. The van der Waals surface area contributed by atoms with Crippen molar-refractivity contribution >= 4 is 17.4 Å². The number of nitrogens with zero attached hydrogens (tertiary/aromatic N) is 2. The molecule has 1 N–H and O–H groups in total. The van der Waals surface area contributed by atoms with Crippen LogP contribution in [0.4, 0.5) is 5.82 Å². The van der Waals surface area contributed by atoms with Gasteiger partial charge in [0.15, 0.2) is 11.0 Å². The zero-order chi connectivity index (χ0) is 8.10. The third-order valence-electron chi connectivity index (χ3n) is 1.20. The van der Waals surface area contributed by atoms with Crippen LogP contribution in [0.3, 0.4) is 0 Å². The Morgan fingerprint density at radius 1 is 1.45 bits per heavy atom. The summed E-state index contributed by atoms with van der Waals surface area (Å²) in [5.74, 6) is 0.663. The Morgan fingerprint density at radius 2 is 2.18 bits per heavy atom. The van der Waals surface area contributed by atoms with Crippen LogP contribution in [-0.2, 0) is 0 Å². The van der Waals surface area contributed by atoms with Crippen molar-refractivity contribution in [2.45, 2.75) is 13.3 Å². The topological polar surface area (TPSA) is 37.8 Å². The van der Waals surface area contributed by atoms with Gasteiger partial charge in [-0.3, -0.25) is 0 Å². The first-order valence-corrected chi connectivity index (χ1v) is 3.92. The van der Waals surface area contributed by atoms with Crippen LogP contribution in [0.5, 0.6) is 0 Å². The van der Waals surface area contributed by atoms with Crippen LogP contribution in [0.2, 0.25) is 5.15 Å². The third-order valence-corrected chi connectivity index (χ3v) is 1.47. The van der Waals surface area contributed by atoms with Gasteiger partial charge in [0, 0.05) is 18.9 Å². The van der Waals surface area contributed by atoms with Gasteiger partial charge in [-0.25, -0.2) is 9.97 Å². The van der Waals surface area contributed by atoms with E-state index in [0.29, 0.717) is 11.0 Å². The number of rotatable bonds is 3. The van der Waals surface area contributed by atoms with Crippen molar-refractivity contribution in [1.29, 1.82) is 0 Å². The molecule has 0 aromatic carbocycles. The summed E-state index contributed by atoms with van der Waals surface area (Å²) in [4.78, 5) is 7.88. The number of halogens is 1. The minimum Gasteiger partial charge on any atom is -0.368 e. The quantitative estimate of drug-likeness (QED) is 0.756. The Kier molecular flexibility index (Phi) is 3.11. The van der Waals surface area contributed by atoms with E-state index < -0.39 is 0 Å². The molecule has 1 aromatic rings. The van der Waals surface area contributed by atoms with Gasteiger partial charge in [0.2, 0.25) is 0 Å². The van der Waals surface area contributed by atoms with Gasteiger partial charge >= 0.3 is 0 Å². The zero-order valence-electron chi connectivity index (χ0n) is 6.34. The maximum absolute atomic E-state index is 5.72. The summed E-state index contributed by atoms with van der Waals surface area (Å²) in [5, 5.41) is 3.49. The number of hydrogen-bond acceptors (Lipinski definition) is 3. The van der Waals surface area contributed by atoms with Gasteiger partial charge in [0.05, 0.1) is 0 Å². The number of hydrogen-bond donors (Lipinski definition) is 1. The molecule has 0 radical (unpaired) electrons. The van der Waals surface area contributed by atoms with Gasteiger partial charge < -0.3 is 5.32 Å². The van der Waals surface area contributed by atoms with Crippen molar-refractivity contribution in [3.8, 4) is 0 Å². The van der Waals surface area contributed by atoms with Crippen LogP contribution in [0, 0.1) is 0 Å². The van der Waals surface area contributed by atoms with Gasteiger partial charge in [0.1, 0.15) is 0 Å². The molecule has 0 unspecified atom stereocenters. The summed E-state index contributed by atoms with van der Waals surface area (Å²) in [6.45, 7) is 2.95. The highest BCUT2D eigenvalue weighted by atomic mass is 35.5. The highest BCUT2D eigenvalue weighted by molar-refractivity contribution is 6.31. The van der Waals surface area contributed by atoms with Crippen molar-refractivity contribution in [3.63, 3.8) is 0 Å². The second-order valence-electron chi connectivity index (χ2n) is 2.12. The molecular weight excluding hydrogens is 162 g/mol. The molecule has 60 valence electrons. The molecule has 0 aliphatic carbocycles. The molecular formula is C7H10ClN3. The highest BCUT2D eigenvalue weighted by Crippen LogP contribution is 2.13. The molecule has 0 saturated heterocycles. The van der Waals surface area contributed by atoms with E-state index in [1.54, 1.807) is 12.4 Å². The molecule has 4 heteroatoms. The monoisotopic (exact) mass is 171 g/mol. The minimum absolute atomic E-state index is 0.431. The van der Waals surface area contributed by atoms with Crippen LogP contribution in [0.1, 0.15) is 13.3 Å². The molecule has 1 heterocycles. The van der Waals surface area contributed by atoms with Gasteiger partial charge in [-0.05, 0) is 6.42 Å². The van der Waals surface area contributed by atoms with Crippen LogP contribution < -0.4 is 5.32 Å². The predicted molar refractivity (Wildman–Crippen MR) is 45.8 cm³/mol. The Morgan fingerprint density at radius 3 is 2.82 bits per heavy atom. The van der Waals surface area contributed by atoms with Crippen LogP contribution in [0.25, 0.3) is 0 Å². The minimum atomic E-state index is 0.431. The van der Waals surface area contributed by atoms with Gasteiger partial charge in [-0.2, -0.15) is 0 Å². The number of nitrogens with one attached hydrogen (secondary N) is 1. The molecule has 1 rings (SSSR count). The molecule has 0 aliphatic heterocycles. The van der Waals surface area contributed by atoms with Crippen LogP contribution >= 0.6 is 11.6 Å². The summed E-state index contributed by atoms with van der Waals surface area (Å²) in [7, 11) is 0. The Balaban J connectivity index is 2.62. The van der Waals surface area contributed by atoms with Crippen LogP contribution in [-0.4, -0.2) is 16.5 Å². The molecule has 0 atom stereocenters. The lowest BCUT2D eigenvalue weighted by Crippen LogP contribution is -2.02. The van der Waals surface area contributed by atoms with Crippen molar-refractivity contribution in [2.24, 2.45) is 0 Å². The van der Waals surface area contributed by atoms with Crippen molar-refractivity contribution in [3.05, 3.63) is 17.5 Å². The number of anilines is 1. The first kappa shape index (κ1) is 8.27. The fraction of sp³-hybridized carbons (Fsp3) is 0.429. The lowest BCUT2D eigenvalue weighted by molar-refractivity contribution is 0.965. The molecule has 3 nitrogen and oxygen atoms in total. The summed E-state index contributed by atoms with van der Waals surface area (Å²) < 4.78 is 0. The van der Waals surface area contributed by atoms with Crippen LogP contribution in [0.15, 0.2) is 12.4 Å². The maximum atomic E-state index is 5.72. The molecule has 0 fully saturated rings. The molecule has 0 bridgehead atoms.